The Morgan fingerprint density at radius 3 is 2.78 bits per heavy atom. The van der Waals surface area contributed by atoms with E-state index in [4.69, 9.17) is 0 Å². The molecular formula is C19H28N2O2. The van der Waals surface area contributed by atoms with E-state index in [-0.39, 0.29) is 18.4 Å². The molecule has 126 valence electrons. The van der Waals surface area contributed by atoms with Crippen molar-refractivity contribution >= 4 is 11.6 Å². The SMILES string of the molecule is O=C(c1cccc(NC2CCCCC2)c1)N1CCCC(CO)C1. The van der Waals surface area contributed by atoms with E-state index < -0.39 is 0 Å². The first kappa shape index (κ1) is 16.3. The van der Waals surface area contributed by atoms with E-state index in [1.54, 1.807) is 0 Å². The van der Waals surface area contributed by atoms with Gasteiger partial charge in [0.15, 0.2) is 0 Å². The van der Waals surface area contributed by atoms with E-state index in [1.165, 1.54) is 32.1 Å². The summed E-state index contributed by atoms with van der Waals surface area (Å²) >= 11 is 0. The van der Waals surface area contributed by atoms with Gasteiger partial charge in [-0.25, -0.2) is 0 Å². The zero-order valence-electron chi connectivity index (χ0n) is 13.8. The largest absolute Gasteiger partial charge is 0.396 e. The summed E-state index contributed by atoms with van der Waals surface area (Å²) < 4.78 is 0. The number of hydrogen-bond donors (Lipinski definition) is 2. The molecule has 23 heavy (non-hydrogen) atoms. The van der Waals surface area contributed by atoms with E-state index >= 15 is 0 Å². The lowest BCUT2D eigenvalue weighted by Crippen LogP contribution is -2.40. The highest BCUT2D eigenvalue weighted by atomic mass is 16.3. The molecule has 1 unspecified atom stereocenters. The molecule has 4 heteroatoms. The number of nitrogens with zero attached hydrogens (tertiary/aromatic N) is 1. The summed E-state index contributed by atoms with van der Waals surface area (Å²) in [4.78, 5) is 14.6. The standard InChI is InChI=1S/C19H28N2O2/c22-14-15-6-5-11-21(13-15)19(23)16-7-4-10-18(12-16)20-17-8-2-1-3-9-17/h4,7,10,12,15,17,20,22H,1-3,5-6,8-9,11,13-14H2. The molecular weight excluding hydrogens is 288 g/mol. The van der Waals surface area contributed by atoms with Crippen molar-refractivity contribution in [1.82, 2.24) is 4.90 Å². The fourth-order valence-corrected chi connectivity index (χ4v) is 3.81. The van der Waals surface area contributed by atoms with Crippen LogP contribution in [-0.2, 0) is 0 Å². The van der Waals surface area contributed by atoms with Crippen molar-refractivity contribution in [2.75, 3.05) is 25.0 Å². The van der Waals surface area contributed by atoms with Gasteiger partial charge in [-0.3, -0.25) is 4.79 Å². The minimum absolute atomic E-state index is 0.0930. The van der Waals surface area contributed by atoms with Crippen LogP contribution >= 0.6 is 0 Å². The van der Waals surface area contributed by atoms with Gasteiger partial charge < -0.3 is 15.3 Å². The van der Waals surface area contributed by atoms with E-state index in [2.05, 4.69) is 11.4 Å². The molecule has 1 heterocycles. The highest BCUT2D eigenvalue weighted by Gasteiger charge is 2.24. The molecule has 1 atom stereocenters. The fraction of sp³-hybridized carbons (Fsp3) is 0.632. The van der Waals surface area contributed by atoms with Gasteiger partial charge in [-0.15, -0.1) is 0 Å². The molecule has 3 rings (SSSR count). The third-order valence-corrected chi connectivity index (χ3v) is 5.15. The van der Waals surface area contributed by atoms with Crippen molar-refractivity contribution in [3.63, 3.8) is 0 Å². The number of rotatable bonds is 4. The average Bonchev–Trinajstić information content (AvgIpc) is 2.62. The monoisotopic (exact) mass is 316 g/mol. The van der Waals surface area contributed by atoms with Crippen LogP contribution in [-0.4, -0.2) is 41.7 Å². The Kier molecular flexibility index (Phi) is 5.55. The molecule has 1 aromatic carbocycles. The predicted molar refractivity (Wildman–Crippen MR) is 92.7 cm³/mol. The topological polar surface area (TPSA) is 52.6 Å². The summed E-state index contributed by atoms with van der Waals surface area (Å²) in [5.41, 5.74) is 1.81. The Morgan fingerprint density at radius 2 is 2.00 bits per heavy atom. The highest BCUT2D eigenvalue weighted by molar-refractivity contribution is 5.95. The third kappa shape index (κ3) is 4.25. The Hall–Kier alpha value is -1.55. The van der Waals surface area contributed by atoms with Crippen LogP contribution in [0.2, 0.25) is 0 Å². The summed E-state index contributed by atoms with van der Waals surface area (Å²) in [6, 6.07) is 8.45. The Morgan fingerprint density at radius 1 is 1.17 bits per heavy atom. The lowest BCUT2D eigenvalue weighted by molar-refractivity contribution is 0.0621. The van der Waals surface area contributed by atoms with Crippen LogP contribution in [0, 0.1) is 5.92 Å². The second kappa shape index (κ2) is 7.82. The van der Waals surface area contributed by atoms with Crippen LogP contribution in [0.1, 0.15) is 55.3 Å². The maximum atomic E-state index is 12.7. The van der Waals surface area contributed by atoms with Gasteiger partial charge in [-0.2, -0.15) is 0 Å². The molecule has 1 aliphatic carbocycles. The highest BCUT2D eigenvalue weighted by Crippen LogP contribution is 2.23. The van der Waals surface area contributed by atoms with Gasteiger partial charge in [-0.05, 0) is 49.8 Å². The summed E-state index contributed by atoms with van der Waals surface area (Å²) in [5, 5.41) is 12.9. The third-order valence-electron chi connectivity index (χ3n) is 5.15. The van der Waals surface area contributed by atoms with Gasteiger partial charge in [0.2, 0.25) is 0 Å². The number of aliphatic hydroxyl groups excluding tert-OH is 1. The van der Waals surface area contributed by atoms with Crippen LogP contribution in [0.15, 0.2) is 24.3 Å². The van der Waals surface area contributed by atoms with Gasteiger partial charge in [-0.1, -0.05) is 25.3 Å². The number of nitrogens with one attached hydrogen (secondary N) is 1. The minimum Gasteiger partial charge on any atom is -0.396 e. The molecule has 2 fully saturated rings. The molecule has 1 saturated heterocycles. The molecule has 0 radical (unpaired) electrons. The Balaban J connectivity index is 1.65. The smallest absolute Gasteiger partial charge is 0.253 e. The summed E-state index contributed by atoms with van der Waals surface area (Å²) in [7, 11) is 0. The quantitative estimate of drug-likeness (QED) is 0.896. The number of hydrogen-bond acceptors (Lipinski definition) is 3. The maximum absolute atomic E-state index is 12.7. The molecule has 1 aliphatic heterocycles. The lowest BCUT2D eigenvalue weighted by atomic mass is 9.95. The maximum Gasteiger partial charge on any atom is 0.253 e. The van der Waals surface area contributed by atoms with Gasteiger partial charge in [0.05, 0.1) is 0 Å². The second-order valence-electron chi connectivity index (χ2n) is 7.00. The van der Waals surface area contributed by atoms with Crippen molar-refractivity contribution in [2.45, 2.75) is 51.0 Å². The van der Waals surface area contributed by atoms with Crippen LogP contribution in [0.4, 0.5) is 5.69 Å². The number of anilines is 1. The van der Waals surface area contributed by atoms with E-state index in [0.717, 1.165) is 30.6 Å². The first-order chi connectivity index (χ1) is 11.3. The first-order valence-corrected chi connectivity index (χ1v) is 9.03. The van der Waals surface area contributed by atoms with Crippen LogP contribution in [0.3, 0.4) is 0 Å². The van der Waals surface area contributed by atoms with Gasteiger partial charge in [0.1, 0.15) is 0 Å². The molecule has 4 nitrogen and oxygen atoms in total. The summed E-state index contributed by atoms with van der Waals surface area (Å²) in [5.74, 6) is 0.326. The zero-order chi connectivity index (χ0) is 16.1. The van der Waals surface area contributed by atoms with Gasteiger partial charge in [0.25, 0.3) is 5.91 Å². The number of piperidine rings is 1. The minimum atomic E-state index is 0.0930. The van der Waals surface area contributed by atoms with Crippen LogP contribution in [0.25, 0.3) is 0 Å². The molecule has 1 amide bonds. The molecule has 2 aliphatic rings. The van der Waals surface area contributed by atoms with Crippen molar-refractivity contribution in [3.8, 4) is 0 Å². The molecule has 0 spiro atoms. The van der Waals surface area contributed by atoms with Crippen molar-refractivity contribution < 1.29 is 9.90 Å². The number of carbonyl (C=O) groups excluding carboxylic acids is 1. The van der Waals surface area contributed by atoms with E-state index in [1.807, 2.05) is 23.1 Å². The van der Waals surface area contributed by atoms with Crippen LogP contribution < -0.4 is 5.32 Å². The van der Waals surface area contributed by atoms with Crippen molar-refractivity contribution in [2.24, 2.45) is 5.92 Å². The van der Waals surface area contributed by atoms with Crippen LogP contribution in [0.5, 0.6) is 0 Å². The molecule has 0 bridgehead atoms. The first-order valence-electron chi connectivity index (χ1n) is 9.03. The second-order valence-corrected chi connectivity index (χ2v) is 7.00. The van der Waals surface area contributed by atoms with Gasteiger partial charge in [0, 0.05) is 37.0 Å². The zero-order valence-corrected chi connectivity index (χ0v) is 13.8. The Bertz CT molecular complexity index is 526. The molecule has 0 aromatic heterocycles. The van der Waals surface area contributed by atoms with Gasteiger partial charge >= 0.3 is 0 Å². The Labute approximate surface area is 138 Å². The fourth-order valence-electron chi connectivity index (χ4n) is 3.81. The van der Waals surface area contributed by atoms with E-state index in [0.29, 0.717) is 12.6 Å². The average molecular weight is 316 g/mol. The molecule has 1 aromatic rings. The molecule has 2 N–H and O–H groups in total. The number of likely N-dealkylation sites (tertiary alicyclic amines) is 1. The lowest BCUT2D eigenvalue weighted by Gasteiger charge is -2.32. The summed E-state index contributed by atoms with van der Waals surface area (Å²) in [6.07, 6.45) is 8.39. The predicted octanol–water partition coefficient (Wildman–Crippen LogP) is 3.28. The number of aliphatic hydroxyl groups is 1. The number of carbonyl (C=O) groups is 1. The normalized spacial score (nSPS) is 22.8. The number of amides is 1. The van der Waals surface area contributed by atoms with Crippen molar-refractivity contribution in [3.05, 3.63) is 29.8 Å². The number of benzene rings is 1. The van der Waals surface area contributed by atoms with Crippen molar-refractivity contribution in [1.29, 1.82) is 0 Å². The summed E-state index contributed by atoms with van der Waals surface area (Å²) in [6.45, 7) is 1.65. The molecule has 1 saturated carbocycles. The van der Waals surface area contributed by atoms with E-state index in [9.17, 15) is 9.90 Å².